The molecule has 0 bridgehead atoms. The van der Waals surface area contributed by atoms with Crippen LogP contribution < -0.4 is 5.32 Å². The molecule has 1 atom stereocenters. The average Bonchev–Trinajstić information content (AvgIpc) is 2.19. The molecule has 0 radical (unpaired) electrons. The van der Waals surface area contributed by atoms with Gasteiger partial charge in [0.2, 0.25) is 0 Å². The summed E-state index contributed by atoms with van der Waals surface area (Å²) in [4.78, 5) is 0. The van der Waals surface area contributed by atoms with Gasteiger partial charge in [0.15, 0.2) is 0 Å². The minimum absolute atomic E-state index is 0.104. The molecule has 1 aromatic carbocycles. The zero-order chi connectivity index (χ0) is 11.5. The lowest BCUT2D eigenvalue weighted by Crippen LogP contribution is -2.32. The lowest BCUT2D eigenvalue weighted by atomic mass is 9.77. The van der Waals surface area contributed by atoms with Gasteiger partial charge < -0.3 is 5.32 Å². The highest BCUT2D eigenvalue weighted by molar-refractivity contribution is 5.27. The van der Waals surface area contributed by atoms with Gasteiger partial charge >= 0.3 is 0 Å². The summed E-state index contributed by atoms with van der Waals surface area (Å²) >= 11 is 0. The van der Waals surface area contributed by atoms with Gasteiger partial charge in [-0.15, -0.1) is 0 Å². The molecule has 1 saturated carbocycles. The number of hydrogen-bond acceptors (Lipinski definition) is 1. The lowest BCUT2D eigenvalue weighted by molar-refractivity contribution is 0.233. The van der Waals surface area contributed by atoms with Gasteiger partial charge in [-0.1, -0.05) is 25.5 Å². The van der Waals surface area contributed by atoms with Crippen LogP contribution >= 0.6 is 0 Å². The first-order chi connectivity index (χ1) is 7.72. The SMILES string of the molecule is CCNC(c1ccc(F)c(C)c1)C1CCC1. The summed E-state index contributed by atoms with van der Waals surface area (Å²) in [6.45, 7) is 4.93. The first-order valence-corrected chi connectivity index (χ1v) is 6.21. The van der Waals surface area contributed by atoms with E-state index >= 15 is 0 Å². The van der Waals surface area contributed by atoms with E-state index in [2.05, 4.69) is 12.2 Å². The average molecular weight is 221 g/mol. The normalized spacial score (nSPS) is 18.2. The van der Waals surface area contributed by atoms with Crippen LogP contribution in [0.25, 0.3) is 0 Å². The molecule has 1 unspecified atom stereocenters. The van der Waals surface area contributed by atoms with Crippen LogP contribution in [-0.4, -0.2) is 6.54 Å². The monoisotopic (exact) mass is 221 g/mol. The highest BCUT2D eigenvalue weighted by atomic mass is 19.1. The van der Waals surface area contributed by atoms with Crippen LogP contribution in [-0.2, 0) is 0 Å². The Morgan fingerprint density at radius 1 is 1.44 bits per heavy atom. The van der Waals surface area contributed by atoms with Crippen LogP contribution in [0.15, 0.2) is 18.2 Å². The fourth-order valence-electron chi connectivity index (χ4n) is 2.41. The van der Waals surface area contributed by atoms with Crippen LogP contribution in [0.1, 0.15) is 43.4 Å². The zero-order valence-corrected chi connectivity index (χ0v) is 10.1. The van der Waals surface area contributed by atoms with Gasteiger partial charge in [0, 0.05) is 6.04 Å². The van der Waals surface area contributed by atoms with Crippen molar-refractivity contribution in [3.8, 4) is 0 Å². The van der Waals surface area contributed by atoms with Crippen molar-refractivity contribution in [2.45, 2.75) is 39.2 Å². The van der Waals surface area contributed by atoms with Crippen LogP contribution in [0.5, 0.6) is 0 Å². The fourth-order valence-corrected chi connectivity index (χ4v) is 2.41. The molecule has 0 aromatic heterocycles. The number of nitrogens with one attached hydrogen (secondary N) is 1. The molecule has 0 saturated heterocycles. The Kier molecular flexibility index (Phi) is 3.59. The molecule has 1 fully saturated rings. The number of aryl methyl sites for hydroxylation is 1. The number of rotatable bonds is 4. The molecule has 2 heteroatoms. The second-order valence-corrected chi connectivity index (χ2v) is 4.73. The molecule has 0 heterocycles. The highest BCUT2D eigenvalue weighted by Crippen LogP contribution is 2.37. The smallest absolute Gasteiger partial charge is 0.126 e. The first-order valence-electron chi connectivity index (χ1n) is 6.21. The van der Waals surface area contributed by atoms with Gasteiger partial charge in [-0.25, -0.2) is 4.39 Å². The Morgan fingerprint density at radius 2 is 2.19 bits per heavy atom. The Hall–Kier alpha value is -0.890. The van der Waals surface area contributed by atoms with Crippen LogP contribution in [0.3, 0.4) is 0 Å². The third-order valence-corrected chi connectivity index (χ3v) is 3.59. The minimum atomic E-state index is -0.104. The van der Waals surface area contributed by atoms with E-state index in [9.17, 15) is 4.39 Å². The van der Waals surface area contributed by atoms with Crippen molar-refractivity contribution in [1.82, 2.24) is 5.32 Å². The molecule has 1 aromatic rings. The zero-order valence-electron chi connectivity index (χ0n) is 10.1. The Bertz CT molecular complexity index is 358. The minimum Gasteiger partial charge on any atom is -0.310 e. The second-order valence-electron chi connectivity index (χ2n) is 4.73. The van der Waals surface area contributed by atoms with Gasteiger partial charge in [0.25, 0.3) is 0 Å². The van der Waals surface area contributed by atoms with Crippen molar-refractivity contribution in [2.24, 2.45) is 5.92 Å². The van der Waals surface area contributed by atoms with Gasteiger partial charge in [-0.05, 0) is 49.4 Å². The molecule has 88 valence electrons. The third-order valence-electron chi connectivity index (χ3n) is 3.59. The van der Waals surface area contributed by atoms with Crippen molar-refractivity contribution in [3.05, 3.63) is 35.1 Å². The van der Waals surface area contributed by atoms with E-state index < -0.39 is 0 Å². The Morgan fingerprint density at radius 3 is 2.69 bits per heavy atom. The maximum Gasteiger partial charge on any atom is 0.126 e. The van der Waals surface area contributed by atoms with E-state index in [1.807, 2.05) is 19.1 Å². The van der Waals surface area contributed by atoms with Crippen molar-refractivity contribution < 1.29 is 4.39 Å². The van der Waals surface area contributed by atoms with Gasteiger partial charge in [0.05, 0.1) is 0 Å². The van der Waals surface area contributed by atoms with Crippen molar-refractivity contribution in [1.29, 1.82) is 0 Å². The fraction of sp³-hybridized carbons (Fsp3) is 0.571. The Labute approximate surface area is 97.1 Å². The van der Waals surface area contributed by atoms with Gasteiger partial charge in [-0.3, -0.25) is 0 Å². The summed E-state index contributed by atoms with van der Waals surface area (Å²) in [6, 6.07) is 5.92. The van der Waals surface area contributed by atoms with Crippen molar-refractivity contribution in [3.63, 3.8) is 0 Å². The topological polar surface area (TPSA) is 12.0 Å². The maximum atomic E-state index is 13.2. The highest BCUT2D eigenvalue weighted by Gasteiger charge is 2.27. The predicted molar refractivity (Wildman–Crippen MR) is 64.9 cm³/mol. The number of halogens is 1. The number of hydrogen-bond donors (Lipinski definition) is 1. The summed E-state index contributed by atoms with van der Waals surface area (Å²) in [5, 5.41) is 3.53. The summed E-state index contributed by atoms with van der Waals surface area (Å²) in [6.07, 6.45) is 3.94. The van der Waals surface area contributed by atoms with E-state index in [0.717, 1.165) is 18.0 Å². The molecular weight excluding hydrogens is 201 g/mol. The molecule has 16 heavy (non-hydrogen) atoms. The van der Waals surface area contributed by atoms with E-state index in [-0.39, 0.29) is 5.82 Å². The number of benzene rings is 1. The van der Waals surface area contributed by atoms with E-state index in [1.165, 1.54) is 24.8 Å². The summed E-state index contributed by atoms with van der Waals surface area (Å²) in [5.41, 5.74) is 1.99. The molecule has 1 nitrogen and oxygen atoms in total. The molecule has 0 aliphatic heterocycles. The maximum absolute atomic E-state index is 13.2. The third kappa shape index (κ3) is 2.27. The van der Waals surface area contributed by atoms with E-state index in [4.69, 9.17) is 0 Å². The van der Waals surface area contributed by atoms with Gasteiger partial charge in [0.1, 0.15) is 5.82 Å². The van der Waals surface area contributed by atoms with Crippen molar-refractivity contribution >= 4 is 0 Å². The molecule has 1 aliphatic rings. The van der Waals surface area contributed by atoms with Crippen LogP contribution in [0.4, 0.5) is 4.39 Å². The molecular formula is C14H20FN. The second kappa shape index (κ2) is 4.96. The van der Waals surface area contributed by atoms with Crippen molar-refractivity contribution in [2.75, 3.05) is 6.54 Å². The Balaban J connectivity index is 2.20. The molecule has 2 rings (SSSR count). The standard InChI is InChI=1S/C14H20FN/c1-3-16-14(11-5-4-6-11)12-7-8-13(15)10(2)9-12/h7-9,11,14,16H,3-6H2,1-2H3. The van der Waals surface area contributed by atoms with E-state index in [1.54, 1.807) is 6.07 Å². The molecule has 0 spiro atoms. The largest absolute Gasteiger partial charge is 0.310 e. The molecule has 1 aliphatic carbocycles. The molecule has 1 N–H and O–H groups in total. The first kappa shape index (κ1) is 11.6. The summed E-state index contributed by atoms with van der Waals surface area (Å²) in [5.74, 6) is 0.636. The van der Waals surface area contributed by atoms with E-state index in [0.29, 0.717) is 6.04 Å². The summed E-state index contributed by atoms with van der Waals surface area (Å²) < 4.78 is 13.2. The van der Waals surface area contributed by atoms with Crippen LogP contribution in [0, 0.1) is 18.7 Å². The lowest BCUT2D eigenvalue weighted by Gasteiger charge is -2.34. The van der Waals surface area contributed by atoms with Crippen LogP contribution in [0.2, 0.25) is 0 Å². The van der Waals surface area contributed by atoms with Gasteiger partial charge in [-0.2, -0.15) is 0 Å². The molecule has 0 amide bonds. The quantitative estimate of drug-likeness (QED) is 0.819. The predicted octanol–water partition coefficient (Wildman–Crippen LogP) is 3.58. The summed E-state index contributed by atoms with van der Waals surface area (Å²) in [7, 11) is 0.